The van der Waals surface area contributed by atoms with Gasteiger partial charge in [0.05, 0.1) is 0 Å². The standard InChI is InChI=1S/C8H16N6/c1-2-4-11-5-3-6-12-7(9)14-8(10)13-6/h11H,2-5H2,1H3,(H4,9,10,12,13,14). The quantitative estimate of drug-likeness (QED) is 0.553. The number of rotatable bonds is 5. The molecule has 1 aromatic rings. The Bertz CT molecular complexity index is 267. The second-order valence-corrected chi connectivity index (χ2v) is 2.97. The van der Waals surface area contributed by atoms with E-state index in [4.69, 9.17) is 11.5 Å². The largest absolute Gasteiger partial charge is 0.368 e. The highest BCUT2D eigenvalue weighted by Crippen LogP contribution is 1.98. The molecule has 1 heterocycles. The smallest absolute Gasteiger partial charge is 0.225 e. The van der Waals surface area contributed by atoms with Crippen LogP contribution in [0, 0.1) is 0 Å². The minimum atomic E-state index is 0.183. The van der Waals surface area contributed by atoms with E-state index in [1.54, 1.807) is 0 Å². The molecule has 0 amide bonds. The Balaban J connectivity index is 2.42. The van der Waals surface area contributed by atoms with Gasteiger partial charge in [-0.3, -0.25) is 0 Å². The summed E-state index contributed by atoms with van der Waals surface area (Å²) in [6, 6.07) is 0. The topological polar surface area (TPSA) is 103 Å². The fraction of sp³-hybridized carbons (Fsp3) is 0.625. The van der Waals surface area contributed by atoms with Crippen LogP contribution in [0.3, 0.4) is 0 Å². The summed E-state index contributed by atoms with van der Waals surface area (Å²) in [5, 5.41) is 3.24. The Labute approximate surface area is 83.1 Å². The van der Waals surface area contributed by atoms with Gasteiger partial charge < -0.3 is 16.8 Å². The molecule has 0 aliphatic carbocycles. The molecule has 0 bridgehead atoms. The number of hydrogen-bond donors (Lipinski definition) is 3. The Hall–Kier alpha value is -1.43. The molecule has 0 radical (unpaired) electrons. The van der Waals surface area contributed by atoms with Crippen LogP contribution in [-0.2, 0) is 6.42 Å². The molecule has 6 heteroatoms. The number of nitrogen functional groups attached to an aromatic ring is 2. The first-order valence-corrected chi connectivity index (χ1v) is 4.69. The second kappa shape index (κ2) is 5.33. The molecule has 5 N–H and O–H groups in total. The average Bonchev–Trinajstić information content (AvgIpc) is 2.11. The third-order valence-corrected chi connectivity index (χ3v) is 1.67. The van der Waals surface area contributed by atoms with E-state index in [1.165, 1.54) is 0 Å². The van der Waals surface area contributed by atoms with Gasteiger partial charge in [0.1, 0.15) is 5.82 Å². The molecule has 0 aromatic carbocycles. The molecule has 0 fully saturated rings. The van der Waals surface area contributed by atoms with E-state index in [1.807, 2.05) is 0 Å². The van der Waals surface area contributed by atoms with Gasteiger partial charge in [0, 0.05) is 13.0 Å². The fourth-order valence-corrected chi connectivity index (χ4v) is 1.07. The van der Waals surface area contributed by atoms with Gasteiger partial charge in [0.2, 0.25) is 11.9 Å². The van der Waals surface area contributed by atoms with E-state index in [0.717, 1.165) is 25.9 Å². The van der Waals surface area contributed by atoms with Crippen molar-refractivity contribution in [3.05, 3.63) is 5.82 Å². The first-order valence-electron chi connectivity index (χ1n) is 4.69. The van der Waals surface area contributed by atoms with Gasteiger partial charge in [0.15, 0.2) is 0 Å². The molecule has 0 aliphatic rings. The predicted molar refractivity (Wildman–Crippen MR) is 55.5 cm³/mol. The van der Waals surface area contributed by atoms with Crippen molar-refractivity contribution in [2.24, 2.45) is 0 Å². The molecule has 78 valence electrons. The fourth-order valence-electron chi connectivity index (χ4n) is 1.07. The zero-order valence-electron chi connectivity index (χ0n) is 8.32. The van der Waals surface area contributed by atoms with Crippen LogP contribution in [0.15, 0.2) is 0 Å². The molecule has 0 aliphatic heterocycles. The molecule has 0 saturated heterocycles. The van der Waals surface area contributed by atoms with Crippen LogP contribution in [0.2, 0.25) is 0 Å². The number of hydrogen-bond acceptors (Lipinski definition) is 6. The molecule has 0 unspecified atom stereocenters. The number of nitrogens with one attached hydrogen (secondary N) is 1. The van der Waals surface area contributed by atoms with Crippen molar-refractivity contribution >= 4 is 11.9 Å². The number of nitrogens with two attached hydrogens (primary N) is 2. The molecular weight excluding hydrogens is 180 g/mol. The summed E-state index contributed by atoms with van der Waals surface area (Å²) in [6.07, 6.45) is 1.83. The Kier molecular flexibility index (Phi) is 4.06. The molecule has 0 spiro atoms. The maximum absolute atomic E-state index is 5.43. The summed E-state index contributed by atoms with van der Waals surface area (Å²) in [5.41, 5.74) is 10.9. The molecule has 1 rings (SSSR count). The highest BCUT2D eigenvalue weighted by molar-refractivity contribution is 5.25. The van der Waals surface area contributed by atoms with E-state index in [2.05, 4.69) is 27.2 Å². The van der Waals surface area contributed by atoms with Gasteiger partial charge in [-0.15, -0.1) is 0 Å². The highest BCUT2D eigenvalue weighted by atomic mass is 15.1. The molecule has 1 aromatic heterocycles. The lowest BCUT2D eigenvalue weighted by atomic mass is 10.4. The van der Waals surface area contributed by atoms with Crippen LogP contribution in [0.1, 0.15) is 19.2 Å². The third-order valence-electron chi connectivity index (χ3n) is 1.67. The van der Waals surface area contributed by atoms with Crippen molar-refractivity contribution in [2.45, 2.75) is 19.8 Å². The summed E-state index contributed by atoms with van der Waals surface area (Å²) in [5.74, 6) is 1.00. The summed E-state index contributed by atoms with van der Waals surface area (Å²) in [6.45, 7) is 3.94. The third kappa shape index (κ3) is 3.53. The van der Waals surface area contributed by atoms with Gasteiger partial charge in [0.25, 0.3) is 0 Å². The second-order valence-electron chi connectivity index (χ2n) is 2.97. The maximum Gasteiger partial charge on any atom is 0.225 e. The lowest BCUT2D eigenvalue weighted by Gasteiger charge is -2.03. The van der Waals surface area contributed by atoms with Gasteiger partial charge in [-0.2, -0.15) is 15.0 Å². The van der Waals surface area contributed by atoms with Crippen LogP contribution in [0.5, 0.6) is 0 Å². The van der Waals surface area contributed by atoms with Crippen molar-refractivity contribution in [1.82, 2.24) is 20.3 Å². The van der Waals surface area contributed by atoms with E-state index in [0.29, 0.717) is 5.82 Å². The van der Waals surface area contributed by atoms with Gasteiger partial charge in [-0.1, -0.05) is 6.92 Å². The number of anilines is 2. The molecule has 0 atom stereocenters. The van der Waals surface area contributed by atoms with E-state index < -0.39 is 0 Å². The Morgan fingerprint density at radius 1 is 1.07 bits per heavy atom. The summed E-state index contributed by atoms with van der Waals surface area (Å²) < 4.78 is 0. The van der Waals surface area contributed by atoms with Gasteiger partial charge in [-0.05, 0) is 13.0 Å². The maximum atomic E-state index is 5.43. The summed E-state index contributed by atoms with van der Waals surface area (Å²) in [4.78, 5) is 11.6. The Morgan fingerprint density at radius 3 is 2.29 bits per heavy atom. The lowest BCUT2D eigenvalue weighted by molar-refractivity contribution is 0.657. The van der Waals surface area contributed by atoms with Crippen molar-refractivity contribution in [2.75, 3.05) is 24.6 Å². The minimum Gasteiger partial charge on any atom is -0.368 e. The molecule has 0 saturated carbocycles. The predicted octanol–water partition coefficient (Wildman–Crippen LogP) is -0.422. The van der Waals surface area contributed by atoms with E-state index >= 15 is 0 Å². The van der Waals surface area contributed by atoms with E-state index in [9.17, 15) is 0 Å². The summed E-state index contributed by atoms with van der Waals surface area (Å²) >= 11 is 0. The number of aromatic nitrogens is 3. The van der Waals surface area contributed by atoms with Crippen LogP contribution < -0.4 is 16.8 Å². The lowest BCUT2D eigenvalue weighted by Crippen LogP contribution is -2.19. The summed E-state index contributed by atoms with van der Waals surface area (Å²) in [7, 11) is 0. The van der Waals surface area contributed by atoms with Crippen LogP contribution in [0.25, 0.3) is 0 Å². The molecule has 6 nitrogen and oxygen atoms in total. The SMILES string of the molecule is CCCNCCc1nc(N)nc(N)n1. The van der Waals surface area contributed by atoms with Crippen molar-refractivity contribution in [3.8, 4) is 0 Å². The molecule has 14 heavy (non-hydrogen) atoms. The van der Waals surface area contributed by atoms with Crippen LogP contribution in [-0.4, -0.2) is 28.0 Å². The van der Waals surface area contributed by atoms with Crippen LogP contribution >= 0.6 is 0 Å². The minimum absolute atomic E-state index is 0.183. The Morgan fingerprint density at radius 2 is 1.71 bits per heavy atom. The first-order chi connectivity index (χ1) is 6.72. The van der Waals surface area contributed by atoms with Gasteiger partial charge in [-0.25, -0.2) is 0 Å². The molecular formula is C8H16N6. The number of nitrogens with zero attached hydrogens (tertiary/aromatic N) is 3. The van der Waals surface area contributed by atoms with Gasteiger partial charge >= 0.3 is 0 Å². The van der Waals surface area contributed by atoms with E-state index in [-0.39, 0.29) is 11.9 Å². The zero-order chi connectivity index (χ0) is 10.4. The highest BCUT2D eigenvalue weighted by Gasteiger charge is 2.00. The zero-order valence-corrected chi connectivity index (χ0v) is 8.32. The average molecular weight is 196 g/mol. The normalized spacial score (nSPS) is 10.4. The van der Waals surface area contributed by atoms with Crippen molar-refractivity contribution in [3.63, 3.8) is 0 Å². The first kappa shape index (κ1) is 10.6. The van der Waals surface area contributed by atoms with Crippen molar-refractivity contribution < 1.29 is 0 Å². The van der Waals surface area contributed by atoms with Crippen molar-refractivity contribution in [1.29, 1.82) is 0 Å². The monoisotopic (exact) mass is 196 g/mol. The van der Waals surface area contributed by atoms with Crippen LogP contribution in [0.4, 0.5) is 11.9 Å².